The van der Waals surface area contributed by atoms with Gasteiger partial charge < -0.3 is 5.11 Å². The summed E-state index contributed by atoms with van der Waals surface area (Å²) in [6, 6.07) is 1.40. The SMILES string of the molecule is CC1CCC(C(C)(O)c2cncc(F)c2)CC1C. The van der Waals surface area contributed by atoms with Gasteiger partial charge in [-0.05, 0) is 43.6 Å². The number of pyridine rings is 1. The summed E-state index contributed by atoms with van der Waals surface area (Å²) in [5.74, 6) is 1.12. The normalized spacial score (nSPS) is 31.9. The van der Waals surface area contributed by atoms with E-state index < -0.39 is 5.60 Å². The van der Waals surface area contributed by atoms with Crippen LogP contribution in [0.25, 0.3) is 0 Å². The van der Waals surface area contributed by atoms with Crippen LogP contribution in [-0.4, -0.2) is 10.1 Å². The maximum atomic E-state index is 13.2. The summed E-state index contributed by atoms with van der Waals surface area (Å²) in [7, 11) is 0. The van der Waals surface area contributed by atoms with Gasteiger partial charge in [0, 0.05) is 11.8 Å². The van der Waals surface area contributed by atoms with Gasteiger partial charge in [0.25, 0.3) is 0 Å². The third kappa shape index (κ3) is 2.56. The van der Waals surface area contributed by atoms with E-state index in [1.54, 1.807) is 13.1 Å². The van der Waals surface area contributed by atoms with E-state index in [0.717, 1.165) is 19.3 Å². The zero-order valence-corrected chi connectivity index (χ0v) is 11.4. The highest BCUT2D eigenvalue weighted by Crippen LogP contribution is 2.42. The van der Waals surface area contributed by atoms with E-state index in [1.807, 2.05) is 0 Å². The van der Waals surface area contributed by atoms with E-state index in [1.165, 1.54) is 12.3 Å². The van der Waals surface area contributed by atoms with Gasteiger partial charge in [-0.25, -0.2) is 4.39 Å². The molecule has 1 aliphatic carbocycles. The van der Waals surface area contributed by atoms with Crippen LogP contribution in [0.3, 0.4) is 0 Å². The van der Waals surface area contributed by atoms with Crippen molar-refractivity contribution in [2.24, 2.45) is 17.8 Å². The smallest absolute Gasteiger partial charge is 0.141 e. The van der Waals surface area contributed by atoms with E-state index in [-0.39, 0.29) is 11.7 Å². The first-order chi connectivity index (χ1) is 8.41. The predicted octanol–water partition coefficient (Wildman–Crippen LogP) is 3.50. The van der Waals surface area contributed by atoms with Crippen LogP contribution in [-0.2, 0) is 5.60 Å². The molecule has 1 saturated carbocycles. The molecule has 0 spiro atoms. The fourth-order valence-electron chi connectivity index (χ4n) is 2.98. The maximum Gasteiger partial charge on any atom is 0.141 e. The van der Waals surface area contributed by atoms with Gasteiger partial charge in [-0.3, -0.25) is 4.98 Å². The number of aromatic nitrogens is 1. The Kier molecular flexibility index (Phi) is 3.71. The molecule has 4 atom stereocenters. The molecule has 1 aromatic rings. The monoisotopic (exact) mass is 251 g/mol. The minimum Gasteiger partial charge on any atom is -0.385 e. The maximum absolute atomic E-state index is 13.2. The Morgan fingerprint density at radius 1 is 1.28 bits per heavy atom. The van der Waals surface area contributed by atoms with Crippen LogP contribution < -0.4 is 0 Å². The molecule has 3 heteroatoms. The van der Waals surface area contributed by atoms with Gasteiger partial charge in [-0.15, -0.1) is 0 Å². The molecule has 4 unspecified atom stereocenters. The fraction of sp³-hybridized carbons (Fsp3) is 0.667. The minimum atomic E-state index is -0.983. The molecular weight excluding hydrogens is 229 g/mol. The van der Waals surface area contributed by atoms with Crippen LogP contribution in [0.4, 0.5) is 4.39 Å². The molecule has 0 radical (unpaired) electrons. The average Bonchev–Trinajstić information content (AvgIpc) is 2.32. The summed E-state index contributed by atoms with van der Waals surface area (Å²) in [5, 5.41) is 10.7. The summed E-state index contributed by atoms with van der Waals surface area (Å²) in [6.45, 7) is 6.28. The van der Waals surface area contributed by atoms with Gasteiger partial charge in [0.15, 0.2) is 0 Å². The highest BCUT2D eigenvalue weighted by molar-refractivity contribution is 5.19. The highest BCUT2D eigenvalue weighted by atomic mass is 19.1. The second kappa shape index (κ2) is 4.96. The molecule has 0 aromatic carbocycles. The lowest BCUT2D eigenvalue weighted by atomic mass is 9.68. The Bertz CT molecular complexity index is 419. The van der Waals surface area contributed by atoms with Crippen LogP contribution in [0.5, 0.6) is 0 Å². The van der Waals surface area contributed by atoms with Crippen LogP contribution in [0, 0.1) is 23.6 Å². The van der Waals surface area contributed by atoms with E-state index in [0.29, 0.717) is 17.4 Å². The zero-order chi connectivity index (χ0) is 13.3. The first-order valence-electron chi connectivity index (χ1n) is 6.74. The lowest BCUT2D eigenvalue weighted by molar-refractivity contribution is -0.0375. The first-order valence-corrected chi connectivity index (χ1v) is 6.74. The van der Waals surface area contributed by atoms with Crippen molar-refractivity contribution in [2.45, 2.75) is 45.6 Å². The van der Waals surface area contributed by atoms with Crippen LogP contribution in [0.1, 0.15) is 45.6 Å². The summed E-state index contributed by atoms with van der Waals surface area (Å²) in [6.07, 6.45) is 5.86. The molecule has 1 fully saturated rings. The molecule has 1 N–H and O–H groups in total. The molecule has 1 heterocycles. The number of aliphatic hydroxyl groups is 1. The summed E-state index contributed by atoms with van der Waals surface area (Å²) >= 11 is 0. The predicted molar refractivity (Wildman–Crippen MR) is 69.4 cm³/mol. The number of rotatable bonds is 2. The lowest BCUT2D eigenvalue weighted by Crippen LogP contribution is -2.37. The summed E-state index contributed by atoms with van der Waals surface area (Å²) in [5.41, 5.74) is -0.391. The molecule has 2 nitrogen and oxygen atoms in total. The third-order valence-electron chi connectivity index (χ3n) is 4.68. The zero-order valence-electron chi connectivity index (χ0n) is 11.4. The Balaban J connectivity index is 2.20. The molecule has 0 saturated heterocycles. The van der Waals surface area contributed by atoms with Crippen LogP contribution in [0.15, 0.2) is 18.5 Å². The van der Waals surface area contributed by atoms with Gasteiger partial charge in [-0.1, -0.05) is 20.3 Å². The van der Waals surface area contributed by atoms with Gasteiger partial charge in [0.05, 0.1) is 11.8 Å². The largest absolute Gasteiger partial charge is 0.385 e. The Morgan fingerprint density at radius 3 is 2.61 bits per heavy atom. The second-order valence-corrected chi connectivity index (χ2v) is 6.00. The molecule has 100 valence electrons. The van der Waals surface area contributed by atoms with Gasteiger partial charge >= 0.3 is 0 Å². The molecular formula is C15H22FNO. The number of nitrogens with zero attached hydrogens (tertiary/aromatic N) is 1. The van der Waals surface area contributed by atoms with Crippen molar-refractivity contribution in [1.29, 1.82) is 0 Å². The quantitative estimate of drug-likeness (QED) is 0.872. The molecule has 2 rings (SSSR count). The first kappa shape index (κ1) is 13.5. The topological polar surface area (TPSA) is 33.1 Å². The lowest BCUT2D eigenvalue weighted by Gasteiger charge is -2.40. The summed E-state index contributed by atoms with van der Waals surface area (Å²) in [4.78, 5) is 3.84. The van der Waals surface area contributed by atoms with Gasteiger partial charge in [0.1, 0.15) is 5.82 Å². The van der Waals surface area contributed by atoms with Crippen LogP contribution >= 0.6 is 0 Å². The van der Waals surface area contributed by atoms with Crippen LogP contribution in [0.2, 0.25) is 0 Å². The molecule has 0 bridgehead atoms. The second-order valence-electron chi connectivity index (χ2n) is 6.00. The molecule has 0 amide bonds. The summed E-state index contributed by atoms with van der Waals surface area (Å²) < 4.78 is 13.2. The van der Waals surface area contributed by atoms with Gasteiger partial charge in [0.2, 0.25) is 0 Å². The van der Waals surface area contributed by atoms with Crippen molar-refractivity contribution in [2.75, 3.05) is 0 Å². The van der Waals surface area contributed by atoms with E-state index >= 15 is 0 Å². The minimum absolute atomic E-state index is 0.187. The number of halogens is 1. The van der Waals surface area contributed by atoms with Crippen molar-refractivity contribution >= 4 is 0 Å². The fourth-order valence-corrected chi connectivity index (χ4v) is 2.98. The molecule has 1 aromatic heterocycles. The van der Waals surface area contributed by atoms with E-state index in [4.69, 9.17) is 0 Å². The Labute approximate surface area is 108 Å². The van der Waals surface area contributed by atoms with Crippen molar-refractivity contribution in [3.63, 3.8) is 0 Å². The average molecular weight is 251 g/mol. The Hall–Kier alpha value is -0.960. The van der Waals surface area contributed by atoms with Crippen molar-refractivity contribution in [3.05, 3.63) is 29.8 Å². The molecule has 0 aliphatic heterocycles. The Morgan fingerprint density at radius 2 is 2.00 bits per heavy atom. The van der Waals surface area contributed by atoms with Crippen molar-refractivity contribution < 1.29 is 9.50 Å². The standard InChI is InChI=1S/C15H22FNO/c1-10-4-5-12(6-11(10)2)15(3,18)13-7-14(16)9-17-8-13/h7-12,18H,4-6H2,1-3H3. The number of hydrogen-bond donors (Lipinski definition) is 1. The van der Waals surface area contributed by atoms with E-state index in [9.17, 15) is 9.50 Å². The van der Waals surface area contributed by atoms with Gasteiger partial charge in [-0.2, -0.15) is 0 Å². The molecule has 1 aliphatic rings. The molecule has 18 heavy (non-hydrogen) atoms. The van der Waals surface area contributed by atoms with Crippen molar-refractivity contribution in [1.82, 2.24) is 4.98 Å². The van der Waals surface area contributed by atoms with Crippen molar-refractivity contribution in [3.8, 4) is 0 Å². The number of hydrogen-bond acceptors (Lipinski definition) is 2. The third-order valence-corrected chi connectivity index (χ3v) is 4.68. The van der Waals surface area contributed by atoms with E-state index in [2.05, 4.69) is 18.8 Å². The highest BCUT2D eigenvalue weighted by Gasteiger charge is 2.38.